The summed E-state index contributed by atoms with van der Waals surface area (Å²) in [7, 11) is 0. The van der Waals surface area contributed by atoms with E-state index in [1.807, 2.05) is 17.5 Å². The SMILES string of the molecule is O=C(CC1S/C(=N\N=C\c2cccs2)NC1=O)Nc1ccc(C(=O)O)cc1. The monoisotopic (exact) mass is 402 g/mol. The van der Waals surface area contributed by atoms with Crippen LogP contribution in [-0.4, -0.2) is 39.5 Å². The lowest BCUT2D eigenvalue weighted by Crippen LogP contribution is -2.28. The minimum Gasteiger partial charge on any atom is -0.478 e. The van der Waals surface area contributed by atoms with E-state index in [-0.39, 0.29) is 23.8 Å². The third kappa shape index (κ3) is 5.25. The molecule has 1 aliphatic rings. The predicted octanol–water partition coefficient (Wildman–Crippen LogP) is 2.40. The Hall–Kier alpha value is -2.98. The zero-order chi connectivity index (χ0) is 19.2. The van der Waals surface area contributed by atoms with Crippen LogP contribution in [0.3, 0.4) is 0 Å². The Morgan fingerprint density at radius 3 is 2.70 bits per heavy atom. The van der Waals surface area contributed by atoms with Crippen molar-refractivity contribution in [1.29, 1.82) is 0 Å². The van der Waals surface area contributed by atoms with Crippen LogP contribution in [0.1, 0.15) is 21.7 Å². The molecule has 2 heterocycles. The molecule has 1 saturated heterocycles. The van der Waals surface area contributed by atoms with Gasteiger partial charge in [0.2, 0.25) is 11.8 Å². The number of nitrogens with one attached hydrogen (secondary N) is 2. The lowest BCUT2D eigenvalue weighted by molar-refractivity contribution is -0.122. The number of rotatable bonds is 6. The van der Waals surface area contributed by atoms with Crippen molar-refractivity contribution in [2.24, 2.45) is 10.2 Å². The Bertz CT molecular complexity index is 908. The number of nitrogens with zero attached hydrogens (tertiary/aromatic N) is 2. The van der Waals surface area contributed by atoms with E-state index in [4.69, 9.17) is 5.11 Å². The molecule has 27 heavy (non-hydrogen) atoms. The zero-order valence-corrected chi connectivity index (χ0v) is 15.4. The molecule has 0 radical (unpaired) electrons. The van der Waals surface area contributed by atoms with Crippen molar-refractivity contribution in [3.05, 3.63) is 52.2 Å². The number of carboxylic acid groups (broad SMARTS) is 1. The minimum absolute atomic E-state index is 0.0369. The van der Waals surface area contributed by atoms with Gasteiger partial charge in [0, 0.05) is 17.0 Å². The van der Waals surface area contributed by atoms with Gasteiger partial charge in [-0.3, -0.25) is 9.59 Å². The number of thioether (sulfide) groups is 1. The number of carboxylic acids is 1. The number of amides is 2. The zero-order valence-electron chi connectivity index (χ0n) is 13.8. The van der Waals surface area contributed by atoms with Gasteiger partial charge in [-0.15, -0.1) is 16.4 Å². The average Bonchev–Trinajstić information content (AvgIpc) is 3.26. The summed E-state index contributed by atoms with van der Waals surface area (Å²) in [6.07, 6.45) is 1.55. The van der Waals surface area contributed by atoms with Gasteiger partial charge in [-0.25, -0.2) is 4.79 Å². The van der Waals surface area contributed by atoms with Crippen LogP contribution in [0, 0.1) is 0 Å². The molecule has 1 fully saturated rings. The first-order valence-electron chi connectivity index (χ1n) is 7.76. The van der Waals surface area contributed by atoms with Gasteiger partial charge in [-0.05, 0) is 35.7 Å². The molecular weight excluding hydrogens is 388 g/mol. The number of carbonyl (C=O) groups excluding carboxylic acids is 2. The van der Waals surface area contributed by atoms with Gasteiger partial charge in [0.05, 0.1) is 11.8 Å². The van der Waals surface area contributed by atoms with Crippen LogP contribution in [-0.2, 0) is 9.59 Å². The van der Waals surface area contributed by atoms with Gasteiger partial charge in [0.25, 0.3) is 0 Å². The van der Waals surface area contributed by atoms with Crippen molar-refractivity contribution in [3.63, 3.8) is 0 Å². The second-order valence-electron chi connectivity index (χ2n) is 5.40. The fourth-order valence-electron chi connectivity index (χ4n) is 2.17. The maximum atomic E-state index is 12.1. The highest BCUT2D eigenvalue weighted by molar-refractivity contribution is 8.15. The minimum atomic E-state index is -1.04. The molecule has 10 heteroatoms. The first-order valence-corrected chi connectivity index (χ1v) is 9.52. The second-order valence-corrected chi connectivity index (χ2v) is 7.57. The normalized spacial score (nSPS) is 18.0. The van der Waals surface area contributed by atoms with Gasteiger partial charge in [0.1, 0.15) is 5.25 Å². The van der Waals surface area contributed by atoms with E-state index < -0.39 is 11.2 Å². The molecule has 2 amide bonds. The molecule has 0 spiro atoms. The van der Waals surface area contributed by atoms with Gasteiger partial charge in [0.15, 0.2) is 5.17 Å². The Balaban J connectivity index is 1.53. The van der Waals surface area contributed by atoms with Crippen LogP contribution in [0.4, 0.5) is 5.69 Å². The summed E-state index contributed by atoms with van der Waals surface area (Å²) in [6.45, 7) is 0. The van der Waals surface area contributed by atoms with Crippen LogP contribution >= 0.6 is 23.1 Å². The summed E-state index contributed by atoms with van der Waals surface area (Å²) < 4.78 is 0. The smallest absolute Gasteiger partial charge is 0.335 e. The standard InChI is InChI=1S/C17H14N4O4S2/c22-14(19-11-5-3-10(4-6-11)16(24)25)8-13-15(23)20-17(27-13)21-18-9-12-2-1-7-26-12/h1-7,9,13H,8H2,(H,19,22)(H,24,25)(H,20,21,23)/b18-9+. The topological polar surface area (TPSA) is 120 Å². The van der Waals surface area contributed by atoms with E-state index in [9.17, 15) is 14.4 Å². The van der Waals surface area contributed by atoms with Gasteiger partial charge < -0.3 is 15.7 Å². The number of thiophene rings is 1. The number of anilines is 1. The molecule has 3 rings (SSSR count). The third-order valence-corrected chi connectivity index (χ3v) is 5.32. The Morgan fingerprint density at radius 1 is 1.26 bits per heavy atom. The lowest BCUT2D eigenvalue weighted by Gasteiger charge is -2.07. The van der Waals surface area contributed by atoms with E-state index in [0.717, 1.165) is 16.6 Å². The van der Waals surface area contributed by atoms with Crippen molar-refractivity contribution in [2.45, 2.75) is 11.7 Å². The van der Waals surface area contributed by atoms with E-state index >= 15 is 0 Å². The molecule has 8 nitrogen and oxygen atoms in total. The highest BCUT2D eigenvalue weighted by Gasteiger charge is 2.32. The predicted molar refractivity (Wildman–Crippen MR) is 106 cm³/mol. The molecule has 1 aliphatic heterocycles. The number of hydrogen-bond acceptors (Lipinski definition) is 7. The van der Waals surface area contributed by atoms with Crippen LogP contribution < -0.4 is 10.6 Å². The van der Waals surface area contributed by atoms with Crippen molar-refractivity contribution >= 4 is 58.0 Å². The molecule has 0 aliphatic carbocycles. The number of hydrogen-bond donors (Lipinski definition) is 3. The Kier molecular flexibility index (Phi) is 5.99. The van der Waals surface area contributed by atoms with E-state index in [0.29, 0.717) is 10.9 Å². The molecule has 0 saturated carbocycles. The van der Waals surface area contributed by atoms with E-state index in [2.05, 4.69) is 20.8 Å². The maximum Gasteiger partial charge on any atom is 0.335 e. The quantitative estimate of drug-likeness (QED) is 0.506. The largest absolute Gasteiger partial charge is 0.478 e. The van der Waals surface area contributed by atoms with Gasteiger partial charge >= 0.3 is 5.97 Å². The molecule has 3 N–H and O–H groups in total. The van der Waals surface area contributed by atoms with Crippen LogP contribution in [0.25, 0.3) is 0 Å². The summed E-state index contributed by atoms with van der Waals surface area (Å²) in [6, 6.07) is 9.57. The fourth-order valence-corrected chi connectivity index (χ4v) is 3.67. The first kappa shape index (κ1) is 18.8. The molecule has 2 aromatic rings. The number of benzene rings is 1. The van der Waals surface area contributed by atoms with Crippen molar-refractivity contribution < 1.29 is 19.5 Å². The van der Waals surface area contributed by atoms with E-state index in [1.54, 1.807) is 6.21 Å². The summed E-state index contributed by atoms with van der Waals surface area (Å²) in [5.74, 6) is -1.70. The van der Waals surface area contributed by atoms with Crippen molar-refractivity contribution in [1.82, 2.24) is 5.32 Å². The summed E-state index contributed by atoms with van der Waals surface area (Å²) in [4.78, 5) is 35.9. The molecule has 1 aromatic heterocycles. The van der Waals surface area contributed by atoms with Crippen molar-refractivity contribution in [2.75, 3.05) is 5.32 Å². The number of amidine groups is 1. The molecule has 1 atom stereocenters. The number of carbonyl (C=O) groups is 3. The fraction of sp³-hybridized carbons (Fsp3) is 0.118. The van der Waals surface area contributed by atoms with Crippen LogP contribution in [0.15, 0.2) is 52.0 Å². The highest BCUT2D eigenvalue weighted by Crippen LogP contribution is 2.23. The van der Waals surface area contributed by atoms with Gasteiger partial charge in [-0.1, -0.05) is 17.8 Å². The summed E-state index contributed by atoms with van der Waals surface area (Å²) >= 11 is 2.66. The maximum absolute atomic E-state index is 12.1. The average molecular weight is 402 g/mol. The lowest BCUT2D eigenvalue weighted by atomic mass is 10.2. The molecule has 1 aromatic carbocycles. The summed E-state index contributed by atoms with van der Waals surface area (Å²) in [5, 5.41) is 23.6. The second kappa shape index (κ2) is 8.60. The number of aromatic carboxylic acids is 1. The molecule has 138 valence electrons. The van der Waals surface area contributed by atoms with Crippen LogP contribution in [0.2, 0.25) is 0 Å². The van der Waals surface area contributed by atoms with E-state index in [1.165, 1.54) is 35.6 Å². The Morgan fingerprint density at radius 2 is 2.04 bits per heavy atom. The van der Waals surface area contributed by atoms with Gasteiger partial charge in [-0.2, -0.15) is 5.10 Å². The van der Waals surface area contributed by atoms with Crippen LogP contribution in [0.5, 0.6) is 0 Å². The molecular formula is C17H14N4O4S2. The van der Waals surface area contributed by atoms with Crippen molar-refractivity contribution in [3.8, 4) is 0 Å². The molecule has 0 bridgehead atoms. The third-order valence-electron chi connectivity index (χ3n) is 3.44. The molecule has 1 unspecified atom stereocenters. The summed E-state index contributed by atoms with van der Waals surface area (Å²) in [5.41, 5.74) is 0.588. The first-order chi connectivity index (χ1) is 13.0. The highest BCUT2D eigenvalue weighted by atomic mass is 32.2. The Labute approximate surface area is 162 Å².